The van der Waals surface area contributed by atoms with E-state index in [0.29, 0.717) is 31.5 Å². The third-order valence-corrected chi connectivity index (χ3v) is 2.37. The molecule has 0 bridgehead atoms. The van der Waals surface area contributed by atoms with Gasteiger partial charge in [-0.05, 0) is 12.8 Å². The molecule has 0 saturated heterocycles. The summed E-state index contributed by atoms with van der Waals surface area (Å²) < 4.78 is 5.37. The Morgan fingerprint density at radius 2 is 2.00 bits per heavy atom. The summed E-state index contributed by atoms with van der Waals surface area (Å²) >= 11 is 0. The average Bonchev–Trinajstić information content (AvgIpc) is 2.18. The number of hydrogen-bond donors (Lipinski definition) is 1. The molecular formula is C11H23NO2. The predicted molar refractivity (Wildman–Crippen MR) is 58.2 cm³/mol. The van der Waals surface area contributed by atoms with Crippen LogP contribution < -0.4 is 5.73 Å². The van der Waals surface area contributed by atoms with Gasteiger partial charge in [-0.25, -0.2) is 0 Å². The van der Waals surface area contributed by atoms with Gasteiger partial charge in [-0.3, -0.25) is 4.79 Å². The molecule has 3 heteroatoms. The maximum atomic E-state index is 11.1. The van der Waals surface area contributed by atoms with Crippen LogP contribution in [-0.4, -0.2) is 25.0 Å². The molecule has 2 N–H and O–H groups in total. The first-order valence-corrected chi connectivity index (χ1v) is 5.62. The van der Waals surface area contributed by atoms with Gasteiger partial charge in [0.1, 0.15) is 5.78 Å². The Morgan fingerprint density at radius 1 is 1.43 bits per heavy atom. The Morgan fingerprint density at radius 3 is 2.43 bits per heavy atom. The van der Waals surface area contributed by atoms with Crippen molar-refractivity contribution in [1.29, 1.82) is 0 Å². The molecule has 0 aromatic rings. The van der Waals surface area contributed by atoms with E-state index in [2.05, 4.69) is 0 Å². The van der Waals surface area contributed by atoms with Crippen LogP contribution in [0, 0.1) is 5.92 Å². The fourth-order valence-electron chi connectivity index (χ4n) is 1.49. The topological polar surface area (TPSA) is 52.3 Å². The second-order valence-electron chi connectivity index (χ2n) is 3.27. The van der Waals surface area contributed by atoms with Crippen molar-refractivity contribution in [2.45, 2.75) is 46.1 Å². The summed E-state index contributed by atoms with van der Waals surface area (Å²) in [5, 5.41) is 0. The molecule has 1 saturated carbocycles. The third-order valence-electron chi connectivity index (χ3n) is 2.37. The first kappa shape index (κ1) is 13.6. The molecule has 3 nitrogen and oxygen atoms in total. The Balaban J connectivity index is 0.000000791. The van der Waals surface area contributed by atoms with Gasteiger partial charge in [0.05, 0.1) is 12.7 Å². The molecule has 0 spiro atoms. The van der Waals surface area contributed by atoms with Crippen LogP contribution in [0.2, 0.25) is 0 Å². The smallest absolute Gasteiger partial charge is 0.135 e. The van der Waals surface area contributed by atoms with Gasteiger partial charge in [0, 0.05) is 18.9 Å². The lowest BCUT2D eigenvalue weighted by Gasteiger charge is -2.33. The fraction of sp³-hybridized carbons (Fsp3) is 0.909. The van der Waals surface area contributed by atoms with Crippen molar-refractivity contribution in [3.63, 3.8) is 0 Å². The van der Waals surface area contributed by atoms with Gasteiger partial charge in [0.25, 0.3) is 0 Å². The Hall–Kier alpha value is -0.410. The molecule has 0 heterocycles. The number of ether oxygens (including phenoxy) is 1. The lowest BCUT2D eigenvalue weighted by Crippen LogP contribution is -2.37. The Labute approximate surface area is 87.0 Å². The summed E-state index contributed by atoms with van der Waals surface area (Å²) in [7, 11) is 0. The monoisotopic (exact) mass is 201 g/mol. The summed E-state index contributed by atoms with van der Waals surface area (Å²) in [6.45, 7) is 7.11. The number of carbonyl (C=O) groups excluding carboxylic acids is 1. The Bertz CT molecular complexity index is 153. The van der Waals surface area contributed by atoms with E-state index in [1.165, 1.54) is 0 Å². The molecule has 84 valence electrons. The van der Waals surface area contributed by atoms with E-state index in [4.69, 9.17) is 10.5 Å². The van der Waals surface area contributed by atoms with Crippen LogP contribution in [0.3, 0.4) is 0 Å². The molecular weight excluding hydrogens is 178 g/mol. The van der Waals surface area contributed by atoms with Gasteiger partial charge in [0.2, 0.25) is 0 Å². The van der Waals surface area contributed by atoms with Crippen molar-refractivity contribution in [3.8, 4) is 0 Å². The lowest BCUT2D eigenvalue weighted by atomic mass is 9.78. The van der Waals surface area contributed by atoms with Crippen molar-refractivity contribution >= 4 is 5.78 Å². The van der Waals surface area contributed by atoms with Crippen molar-refractivity contribution in [1.82, 2.24) is 0 Å². The van der Waals surface area contributed by atoms with Crippen molar-refractivity contribution < 1.29 is 9.53 Å². The van der Waals surface area contributed by atoms with Crippen molar-refractivity contribution in [3.05, 3.63) is 0 Å². The maximum Gasteiger partial charge on any atom is 0.135 e. The van der Waals surface area contributed by atoms with Crippen LogP contribution in [0.4, 0.5) is 0 Å². The highest BCUT2D eigenvalue weighted by Crippen LogP contribution is 2.31. The second kappa shape index (κ2) is 7.94. The minimum Gasteiger partial charge on any atom is -0.377 e. The molecule has 0 atom stereocenters. The molecule has 1 rings (SSSR count). The molecule has 0 aromatic carbocycles. The first-order chi connectivity index (χ1) is 6.77. The molecule has 0 unspecified atom stereocenters. The van der Waals surface area contributed by atoms with E-state index in [0.717, 1.165) is 12.8 Å². The maximum absolute atomic E-state index is 11.1. The van der Waals surface area contributed by atoms with Gasteiger partial charge in [-0.15, -0.1) is 0 Å². The van der Waals surface area contributed by atoms with E-state index < -0.39 is 0 Å². The summed E-state index contributed by atoms with van der Waals surface area (Å²) in [6, 6.07) is 0. The molecule has 1 aliphatic rings. The van der Waals surface area contributed by atoms with E-state index in [1.807, 2.05) is 20.8 Å². The minimum absolute atomic E-state index is 0.276. The van der Waals surface area contributed by atoms with Crippen LogP contribution in [0.5, 0.6) is 0 Å². The number of ketones is 1. The van der Waals surface area contributed by atoms with Gasteiger partial charge in [-0.2, -0.15) is 0 Å². The van der Waals surface area contributed by atoms with E-state index in [-0.39, 0.29) is 5.92 Å². The highest BCUT2D eigenvalue weighted by atomic mass is 16.5. The van der Waals surface area contributed by atoms with Crippen LogP contribution in [0.1, 0.15) is 40.0 Å². The number of Topliss-reactive ketones (excluding diaryl/α,β-unsaturated/α-hetero) is 1. The fourth-order valence-corrected chi connectivity index (χ4v) is 1.49. The van der Waals surface area contributed by atoms with Crippen molar-refractivity contribution in [2.75, 3.05) is 13.2 Å². The summed E-state index contributed by atoms with van der Waals surface area (Å²) in [6.07, 6.45) is 2.78. The van der Waals surface area contributed by atoms with Gasteiger partial charge >= 0.3 is 0 Å². The predicted octanol–water partition coefficient (Wildman–Crippen LogP) is 1.75. The quantitative estimate of drug-likeness (QED) is 0.737. The highest BCUT2D eigenvalue weighted by molar-refractivity contribution is 5.81. The molecule has 0 radical (unpaired) electrons. The summed E-state index contributed by atoms with van der Waals surface area (Å²) in [5.74, 6) is 0.653. The summed E-state index contributed by atoms with van der Waals surface area (Å²) in [5.41, 5.74) is 5.28. The zero-order valence-corrected chi connectivity index (χ0v) is 9.58. The van der Waals surface area contributed by atoms with E-state index >= 15 is 0 Å². The number of hydrogen-bond acceptors (Lipinski definition) is 3. The normalized spacial score (nSPS) is 24.6. The first-order valence-electron chi connectivity index (χ1n) is 5.62. The second-order valence-corrected chi connectivity index (χ2v) is 3.27. The van der Waals surface area contributed by atoms with E-state index in [1.54, 1.807) is 0 Å². The standard InChI is InChI=1S/C9H17NO2.C2H6/c1-2-9(11)7-5-8(6-7)12-4-3-10;1-2/h7-8H,2-6,10H2,1H3;1-2H3. The van der Waals surface area contributed by atoms with E-state index in [9.17, 15) is 4.79 Å². The van der Waals surface area contributed by atoms with Gasteiger partial charge in [-0.1, -0.05) is 20.8 Å². The van der Waals surface area contributed by atoms with Gasteiger partial charge < -0.3 is 10.5 Å². The third kappa shape index (κ3) is 4.20. The van der Waals surface area contributed by atoms with Crippen LogP contribution in [0.15, 0.2) is 0 Å². The molecule has 0 amide bonds. The number of carbonyl (C=O) groups is 1. The molecule has 1 aliphatic carbocycles. The lowest BCUT2D eigenvalue weighted by molar-refractivity contribution is -0.131. The Kier molecular flexibility index (Phi) is 7.71. The van der Waals surface area contributed by atoms with Crippen LogP contribution in [0.25, 0.3) is 0 Å². The largest absolute Gasteiger partial charge is 0.377 e. The van der Waals surface area contributed by atoms with Crippen LogP contribution in [-0.2, 0) is 9.53 Å². The number of nitrogens with two attached hydrogens (primary N) is 1. The molecule has 1 fully saturated rings. The summed E-state index contributed by atoms with van der Waals surface area (Å²) in [4.78, 5) is 11.1. The van der Waals surface area contributed by atoms with Gasteiger partial charge in [0.15, 0.2) is 0 Å². The average molecular weight is 201 g/mol. The molecule has 0 aliphatic heterocycles. The molecule has 14 heavy (non-hydrogen) atoms. The molecule has 0 aromatic heterocycles. The van der Waals surface area contributed by atoms with Crippen molar-refractivity contribution in [2.24, 2.45) is 11.7 Å². The van der Waals surface area contributed by atoms with Crippen LogP contribution >= 0.6 is 0 Å². The number of rotatable bonds is 5. The zero-order valence-electron chi connectivity index (χ0n) is 9.58. The minimum atomic E-state index is 0.276. The SMILES string of the molecule is CC.CCC(=O)C1CC(OCCN)C1. The zero-order chi connectivity index (χ0) is 11.0. The highest BCUT2D eigenvalue weighted by Gasteiger charge is 2.33.